The van der Waals surface area contributed by atoms with E-state index in [1.807, 2.05) is 13.0 Å². The number of thiazole rings is 1. The standard InChI is InChI=1S/C16H20N4O3S/c1-12-11-24-16(17-12)19-7-5-18(6-8-19)15-4-3-14(20(21)22)9-13(15)10-23-2/h3-4,9,11H,5-8,10H2,1-2H3. The van der Waals surface area contributed by atoms with Gasteiger partial charge in [0.1, 0.15) is 0 Å². The number of benzene rings is 1. The summed E-state index contributed by atoms with van der Waals surface area (Å²) >= 11 is 1.67. The first kappa shape index (κ1) is 16.7. The highest BCUT2D eigenvalue weighted by molar-refractivity contribution is 7.13. The molecule has 7 nitrogen and oxygen atoms in total. The molecule has 0 unspecified atom stereocenters. The third kappa shape index (κ3) is 3.49. The number of rotatable bonds is 5. The van der Waals surface area contributed by atoms with E-state index in [-0.39, 0.29) is 10.6 Å². The minimum atomic E-state index is -0.369. The van der Waals surface area contributed by atoms with Crippen LogP contribution in [-0.2, 0) is 11.3 Å². The highest BCUT2D eigenvalue weighted by Gasteiger charge is 2.22. The van der Waals surface area contributed by atoms with Crippen LogP contribution in [0.15, 0.2) is 23.6 Å². The van der Waals surface area contributed by atoms with E-state index >= 15 is 0 Å². The van der Waals surface area contributed by atoms with Crippen LogP contribution in [0.1, 0.15) is 11.3 Å². The molecular formula is C16H20N4O3S. The Bertz CT molecular complexity index is 726. The first-order valence-electron chi connectivity index (χ1n) is 7.77. The SMILES string of the molecule is COCc1cc([N+](=O)[O-])ccc1N1CCN(c2nc(C)cs2)CC1. The van der Waals surface area contributed by atoms with Crippen molar-refractivity contribution >= 4 is 27.8 Å². The van der Waals surface area contributed by atoms with Crippen molar-refractivity contribution in [2.45, 2.75) is 13.5 Å². The minimum Gasteiger partial charge on any atom is -0.380 e. The number of nitro groups is 1. The summed E-state index contributed by atoms with van der Waals surface area (Å²) in [5, 5.41) is 14.1. The van der Waals surface area contributed by atoms with E-state index in [4.69, 9.17) is 4.74 Å². The molecule has 0 saturated carbocycles. The molecule has 1 fully saturated rings. The average molecular weight is 348 g/mol. The molecule has 2 aromatic rings. The van der Waals surface area contributed by atoms with E-state index < -0.39 is 0 Å². The highest BCUT2D eigenvalue weighted by Crippen LogP contribution is 2.28. The van der Waals surface area contributed by atoms with Gasteiger partial charge in [-0.25, -0.2) is 4.98 Å². The highest BCUT2D eigenvalue weighted by atomic mass is 32.1. The van der Waals surface area contributed by atoms with Crippen LogP contribution in [0.4, 0.5) is 16.5 Å². The van der Waals surface area contributed by atoms with E-state index in [0.29, 0.717) is 6.61 Å². The summed E-state index contributed by atoms with van der Waals surface area (Å²) in [6.45, 7) is 5.85. The van der Waals surface area contributed by atoms with E-state index in [0.717, 1.165) is 48.3 Å². The zero-order valence-corrected chi connectivity index (χ0v) is 14.6. The van der Waals surface area contributed by atoms with Crippen LogP contribution in [-0.4, -0.2) is 43.2 Å². The van der Waals surface area contributed by atoms with Crippen LogP contribution in [0, 0.1) is 17.0 Å². The number of hydrogen-bond acceptors (Lipinski definition) is 7. The van der Waals surface area contributed by atoms with Crippen LogP contribution in [0.25, 0.3) is 0 Å². The molecule has 1 saturated heterocycles. The van der Waals surface area contributed by atoms with Gasteiger partial charge in [0.2, 0.25) is 0 Å². The van der Waals surface area contributed by atoms with Crippen molar-refractivity contribution in [3.05, 3.63) is 45.0 Å². The van der Waals surface area contributed by atoms with Gasteiger partial charge in [0.05, 0.1) is 17.2 Å². The van der Waals surface area contributed by atoms with Gasteiger partial charge in [0.15, 0.2) is 5.13 Å². The van der Waals surface area contributed by atoms with Crippen molar-refractivity contribution in [3.63, 3.8) is 0 Å². The Morgan fingerprint density at radius 1 is 1.29 bits per heavy atom. The van der Waals surface area contributed by atoms with Gasteiger partial charge < -0.3 is 14.5 Å². The molecule has 128 valence electrons. The van der Waals surface area contributed by atoms with Gasteiger partial charge in [0, 0.05) is 62.1 Å². The molecule has 0 atom stereocenters. The molecule has 0 spiro atoms. The maximum atomic E-state index is 11.0. The summed E-state index contributed by atoms with van der Waals surface area (Å²) < 4.78 is 5.22. The molecule has 3 rings (SSSR count). The molecule has 0 N–H and O–H groups in total. The molecule has 0 amide bonds. The first-order valence-corrected chi connectivity index (χ1v) is 8.64. The Kier molecular flexibility index (Phi) is 4.96. The Balaban J connectivity index is 1.74. The maximum absolute atomic E-state index is 11.0. The normalized spacial score (nSPS) is 14.9. The number of non-ortho nitro benzene ring substituents is 1. The second-order valence-corrected chi connectivity index (χ2v) is 6.59. The summed E-state index contributed by atoms with van der Waals surface area (Å²) in [6, 6.07) is 5.00. The molecule has 0 radical (unpaired) electrons. The van der Waals surface area contributed by atoms with Crippen molar-refractivity contribution in [2.75, 3.05) is 43.1 Å². The van der Waals surface area contributed by atoms with E-state index in [1.165, 1.54) is 0 Å². The van der Waals surface area contributed by atoms with Gasteiger partial charge in [-0.05, 0) is 13.0 Å². The summed E-state index contributed by atoms with van der Waals surface area (Å²) in [5.74, 6) is 0. The lowest BCUT2D eigenvalue weighted by Crippen LogP contribution is -2.46. The van der Waals surface area contributed by atoms with Crippen LogP contribution in [0.5, 0.6) is 0 Å². The molecule has 1 aliphatic rings. The van der Waals surface area contributed by atoms with Crippen LogP contribution >= 0.6 is 11.3 Å². The predicted octanol–water partition coefficient (Wildman–Crippen LogP) is 2.83. The molecule has 0 aliphatic carbocycles. The van der Waals surface area contributed by atoms with Crippen molar-refractivity contribution in [2.24, 2.45) is 0 Å². The lowest BCUT2D eigenvalue weighted by atomic mass is 10.1. The quantitative estimate of drug-likeness (QED) is 0.611. The fourth-order valence-electron chi connectivity index (χ4n) is 2.89. The minimum absolute atomic E-state index is 0.0997. The number of ether oxygens (including phenoxy) is 1. The number of hydrogen-bond donors (Lipinski definition) is 0. The summed E-state index contributed by atoms with van der Waals surface area (Å²) in [6.07, 6.45) is 0. The van der Waals surface area contributed by atoms with Gasteiger partial charge in [-0.3, -0.25) is 10.1 Å². The Hall–Kier alpha value is -2.19. The first-order chi connectivity index (χ1) is 11.6. The number of nitrogens with zero attached hydrogens (tertiary/aromatic N) is 4. The van der Waals surface area contributed by atoms with Gasteiger partial charge in [-0.2, -0.15) is 0 Å². The van der Waals surface area contributed by atoms with Crippen molar-refractivity contribution in [3.8, 4) is 0 Å². The van der Waals surface area contributed by atoms with Crippen molar-refractivity contribution in [1.82, 2.24) is 4.98 Å². The smallest absolute Gasteiger partial charge is 0.269 e. The van der Waals surface area contributed by atoms with Crippen molar-refractivity contribution < 1.29 is 9.66 Å². The molecule has 24 heavy (non-hydrogen) atoms. The molecule has 1 aliphatic heterocycles. The topological polar surface area (TPSA) is 71.7 Å². The van der Waals surface area contributed by atoms with Crippen LogP contribution in [0.3, 0.4) is 0 Å². The second kappa shape index (κ2) is 7.14. The number of methoxy groups -OCH3 is 1. The lowest BCUT2D eigenvalue weighted by Gasteiger charge is -2.36. The van der Waals surface area contributed by atoms with Crippen LogP contribution < -0.4 is 9.80 Å². The Morgan fingerprint density at radius 2 is 2.00 bits per heavy atom. The predicted molar refractivity (Wildman–Crippen MR) is 95.1 cm³/mol. The zero-order chi connectivity index (χ0) is 17.1. The Labute approximate surface area is 144 Å². The number of anilines is 2. The lowest BCUT2D eigenvalue weighted by molar-refractivity contribution is -0.384. The summed E-state index contributed by atoms with van der Waals surface area (Å²) in [5.41, 5.74) is 3.01. The third-order valence-electron chi connectivity index (χ3n) is 4.07. The third-order valence-corrected chi connectivity index (χ3v) is 5.09. The number of aryl methyl sites for hydroxylation is 1. The molecular weight excluding hydrogens is 328 g/mol. The van der Waals surface area contributed by atoms with Crippen molar-refractivity contribution in [1.29, 1.82) is 0 Å². The van der Waals surface area contributed by atoms with Crippen LogP contribution in [0.2, 0.25) is 0 Å². The molecule has 2 heterocycles. The number of piperazine rings is 1. The number of nitro benzene ring substituents is 1. The summed E-state index contributed by atoms with van der Waals surface area (Å²) in [7, 11) is 1.60. The van der Waals surface area contributed by atoms with Gasteiger partial charge in [-0.15, -0.1) is 11.3 Å². The van der Waals surface area contributed by atoms with E-state index in [2.05, 4.69) is 20.2 Å². The second-order valence-electron chi connectivity index (χ2n) is 5.75. The van der Waals surface area contributed by atoms with E-state index in [1.54, 1.807) is 30.6 Å². The fourth-order valence-corrected chi connectivity index (χ4v) is 3.75. The average Bonchev–Trinajstić information content (AvgIpc) is 3.02. The van der Waals surface area contributed by atoms with Gasteiger partial charge in [-0.1, -0.05) is 0 Å². The fraction of sp³-hybridized carbons (Fsp3) is 0.438. The molecule has 8 heteroatoms. The summed E-state index contributed by atoms with van der Waals surface area (Å²) in [4.78, 5) is 19.7. The maximum Gasteiger partial charge on any atom is 0.269 e. The molecule has 1 aromatic carbocycles. The van der Waals surface area contributed by atoms with Gasteiger partial charge >= 0.3 is 0 Å². The van der Waals surface area contributed by atoms with E-state index in [9.17, 15) is 10.1 Å². The molecule has 1 aromatic heterocycles. The van der Waals surface area contributed by atoms with Gasteiger partial charge in [0.25, 0.3) is 5.69 Å². The molecule has 0 bridgehead atoms. The Morgan fingerprint density at radius 3 is 2.58 bits per heavy atom. The largest absolute Gasteiger partial charge is 0.380 e. The monoisotopic (exact) mass is 348 g/mol. The zero-order valence-electron chi connectivity index (χ0n) is 13.8. The number of aromatic nitrogens is 1.